The first-order valence-corrected chi connectivity index (χ1v) is 9.15. The number of hydrogen-bond donors (Lipinski definition) is 0. The van der Waals surface area contributed by atoms with Crippen molar-refractivity contribution < 1.29 is 8.42 Å². The fourth-order valence-corrected chi connectivity index (χ4v) is 5.21. The lowest BCUT2D eigenvalue weighted by Crippen LogP contribution is -2.45. The Morgan fingerprint density at radius 1 is 1.27 bits per heavy atom. The summed E-state index contributed by atoms with van der Waals surface area (Å²) in [5.74, 6) is 0.157. The molecule has 0 saturated carbocycles. The van der Waals surface area contributed by atoms with Gasteiger partial charge in [-0.2, -0.15) is 0 Å². The zero-order chi connectivity index (χ0) is 16.0. The molecule has 22 heavy (non-hydrogen) atoms. The van der Waals surface area contributed by atoms with Gasteiger partial charge in [0.25, 0.3) is 0 Å². The summed E-state index contributed by atoms with van der Waals surface area (Å²) in [6, 6.07) is 9.31. The van der Waals surface area contributed by atoms with E-state index < -0.39 is 14.8 Å². The third-order valence-electron chi connectivity index (χ3n) is 4.69. The van der Waals surface area contributed by atoms with Crippen molar-refractivity contribution >= 4 is 32.5 Å². The average Bonchev–Trinajstić information content (AvgIpc) is 2.94. The van der Waals surface area contributed by atoms with Crippen LogP contribution in [-0.2, 0) is 10.0 Å². The largest absolute Gasteiger partial charge is 0.248 e. The van der Waals surface area contributed by atoms with Gasteiger partial charge in [0.2, 0.25) is 10.0 Å². The lowest BCUT2D eigenvalue weighted by atomic mass is 9.85. The van der Waals surface area contributed by atoms with Crippen LogP contribution in [0.25, 0.3) is 10.9 Å². The first kappa shape index (κ1) is 15.4. The van der Waals surface area contributed by atoms with Crippen LogP contribution in [0, 0.1) is 5.92 Å². The number of benzene rings is 1. The zero-order valence-corrected chi connectivity index (χ0v) is 14.1. The van der Waals surface area contributed by atoms with Gasteiger partial charge in [-0.05, 0) is 19.1 Å². The van der Waals surface area contributed by atoms with E-state index in [1.54, 1.807) is 25.3 Å². The first-order chi connectivity index (χ1) is 10.4. The quantitative estimate of drug-likeness (QED) is 0.797. The van der Waals surface area contributed by atoms with E-state index in [1.165, 1.54) is 3.97 Å². The monoisotopic (exact) mass is 335 g/mol. The maximum absolute atomic E-state index is 13.3. The minimum absolute atomic E-state index is 0.179. The second kappa shape index (κ2) is 5.28. The van der Waals surface area contributed by atoms with Crippen molar-refractivity contribution in [2.24, 2.45) is 5.92 Å². The first-order valence-electron chi connectivity index (χ1n) is 7.17. The molecule has 0 amide bonds. The molecule has 1 aromatic heterocycles. The molecule has 0 N–H and O–H groups in total. The highest BCUT2D eigenvalue weighted by Gasteiger charge is 2.45. The summed E-state index contributed by atoms with van der Waals surface area (Å²) < 4.78 is 27.0. The van der Waals surface area contributed by atoms with Crippen molar-refractivity contribution in [3.05, 3.63) is 60.3 Å². The molecule has 0 fully saturated rings. The van der Waals surface area contributed by atoms with Crippen molar-refractivity contribution in [2.75, 3.05) is 5.88 Å². The van der Waals surface area contributed by atoms with E-state index >= 15 is 0 Å². The maximum Gasteiger partial charge on any atom is 0.248 e. The van der Waals surface area contributed by atoms with Gasteiger partial charge >= 0.3 is 0 Å². The number of allylic oxidation sites excluding steroid dienone is 3. The number of nitrogens with zero attached hydrogens (tertiary/aromatic N) is 1. The van der Waals surface area contributed by atoms with Gasteiger partial charge in [0.05, 0.1) is 5.52 Å². The standard InChI is InChI=1S/C17H18ClNO2S/c1-13-15(12-18)7-5-10-17(13,2)22(20,21)19-11-9-14-6-3-4-8-16(14)19/h3-11,13H,12H2,1-2H3. The highest BCUT2D eigenvalue weighted by Crippen LogP contribution is 2.38. The van der Waals surface area contributed by atoms with Crippen LogP contribution in [0.5, 0.6) is 0 Å². The van der Waals surface area contributed by atoms with E-state index in [1.807, 2.05) is 43.3 Å². The summed E-state index contributed by atoms with van der Waals surface area (Å²) in [5.41, 5.74) is 1.64. The molecule has 0 saturated heterocycles. The third kappa shape index (κ3) is 2.05. The highest BCUT2D eigenvalue weighted by atomic mass is 35.5. The minimum Gasteiger partial charge on any atom is -0.244 e. The topological polar surface area (TPSA) is 39.1 Å². The van der Waals surface area contributed by atoms with Crippen LogP contribution in [0.4, 0.5) is 0 Å². The Bertz CT molecular complexity index is 879. The van der Waals surface area contributed by atoms with Crippen molar-refractivity contribution in [1.82, 2.24) is 3.97 Å². The van der Waals surface area contributed by atoms with Crippen LogP contribution in [0.15, 0.2) is 60.3 Å². The van der Waals surface area contributed by atoms with Crippen LogP contribution < -0.4 is 0 Å². The summed E-state index contributed by atoms with van der Waals surface area (Å²) in [4.78, 5) is 0. The molecule has 1 aliphatic carbocycles. The van der Waals surface area contributed by atoms with Gasteiger partial charge in [-0.25, -0.2) is 12.4 Å². The van der Waals surface area contributed by atoms with Crippen LogP contribution in [-0.4, -0.2) is 23.0 Å². The van der Waals surface area contributed by atoms with Crippen molar-refractivity contribution in [3.63, 3.8) is 0 Å². The summed E-state index contributed by atoms with van der Waals surface area (Å²) in [6.07, 6.45) is 7.09. The molecule has 2 aromatic rings. The Balaban J connectivity index is 2.18. The summed E-state index contributed by atoms with van der Waals surface area (Å²) in [7, 11) is -3.61. The molecule has 2 atom stereocenters. The van der Waals surface area contributed by atoms with Crippen LogP contribution in [0.2, 0.25) is 0 Å². The molecule has 116 valence electrons. The SMILES string of the molecule is CC1C(CCl)=CC=CC1(C)S(=O)(=O)n1ccc2ccccc21. The van der Waals surface area contributed by atoms with E-state index in [0.717, 1.165) is 11.0 Å². The van der Waals surface area contributed by atoms with E-state index in [9.17, 15) is 8.42 Å². The van der Waals surface area contributed by atoms with E-state index in [4.69, 9.17) is 11.6 Å². The lowest BCUT2D eigenvalue weighted by Gasteiger charge is -2.36. The molecule has 5 heteroatoms. The normalized spacial score (nSPS) is 25.4. The summed E-state index contributed by atoms with van der Waals surface area (Å²) in [6.45, 7) is 3.68. The van der Waals surface area contributed by atoms with Crippen molar-refractivity contribution in [3.8, 4) is 0 Å². The second-order valence-electron chi connectivity index (χ2n) is 5.82. The molecule has 1 aromatic carbocycles. The molecule has 1 aliphatic rings. The van der Waals surface area contributed by atoms with Crippen LogP contribution in [0.1, 0.15) is 13.8 Å². The van der Waals surface area contributed by atoms with Crippen LogP contribution in [0.3, 0.4) is 0 Å². The van der Waals surface area contributed by atoms with Gasteiger partial charge in [-0.1, -0.05) is 48.9 Å². The van der Waals surface area contributed by atoms with Crippen molar-refractivity contribution in [1.29, 1.82) is 0 Å². The molecule has 0 radical (unpaired) electrons. The van der Waals surface area contributed by atoms with Gasteiger partial charge in [-0.3, -0.25) is 0 Å². The molecular formula is C17H18ClNO2S. The maximum atomic E-state index is 13.3. The lowest BCUT2D eigenvalue weighted by molar-refractivity contribution is 0.493. The van der Waals surface area contributed by atoms with E-state index in [2.05, 4.69) is 0 Å². The Labute approximate surface area is 135 Å². The number of rotatable bonds is 3. The fourth-order valence-electron chi connectivity index (χ4n) is 2.97. The van der Waals surface area contributed by atoms with Gasteiger partial charge in [0, 0.05) is 23.4 Å². The number of fused-ring (bicyclic) bond motifs is 1. The smallest absolute Gasteiger partial charge is 0.244 e. The zero-order valence-electron chi connectivity index (χ0n) is 12.5. The van der Waals surface area contributed by atoms with Gasteiger partial charge in [0.1, 0.15) is 4.75 Å². The highest BCUT2D eigenvalue weighted by molar-refractivity contribution is 7.91. The Hall–Kier alpha value is -1.52. The van der Waals surface area contributed by atoms with Crippen LogP contribution >= 0.6 is 11.6 Å². The average molecular weight is 336 g/mol. The molecule has 0 bridgehead atoms. The molecular weight excluding hydrogens is 318 g/mol. The molecule has 0 spiro atoms. The second-order valence-corrected chi connectivity index (χ2v) is 8.31. The molecule has 2 unspecified atom stereocenters. The predicted octanol–water partition coefficient (Wildman–Crippen LogP) is 3.95. The Kier molecular flexibility index (Phi) is 3.69. The van der Waals surface area contributed by atoms with E-state index in [-0.39, 0.29) is 5.92 Å². The molecule has 3 nitrogen and oxygen atoms in total. The number of halogens is 1. The summed E-state index contributed by atoms with van der Waals surface area (Å²) >= 11 is 5.97. The predicted molar refractivity (Wildman–Crippen MR) is 91.8 cm³/mol. The summed E-state index contributed by atoms with van der Waals surface area (Å²) in [5, 5.41) is 0.912. The minimum atomic E-state index is -3.61. The molecule has 3 rings (SSSR count). The van der Waals surface area contributed by atoms with Crippen molar-refractivity contribution in [2.45, 2.75) is 18.6 Å². The van der Waals surface area contributed by atoms with Gasteiger partial charge in [0.15, 0.2) is 0 Å². The number of alkyl halides is 1. The third-order valence-corrected chi connectivity index (χ3v) is 7.43. The molecule has 1 heterocycles. The number of para-hydroxylation sites is 1. The fraction of sp³-hybridized carbons (Fsp3) is 0.294. The Morgan fingerprint density at radius 2 is 2.00 bits per heavy atom. The van der Waals surface area contributed by atoms with Gasteiger partial charge in [-0.15, -0.1) is 11.6 Å². The van der Waals surface area contributed by atoms with E-state index in [0.29, 0.717) is 11.4 Å². The number of aromatic nitrogens is 1. The molecule has 0 aliphatic heterocycles. The van der Waals surface area contributed by atoms with Gasteiger partial charge < -0.3 is 0 Å². The number of hydrogen-bond acceptors (Lipinski definition) is 2. The Morgan fingerprint density at radius 3 is 2.73 bits per heavy atom.